The molecule has 0 saturated heterocycles. The molecule has 0 aliphatic carbocycles. The summed E-state index contributed by atoms with van der Waals surface area (Å²) in [6.07, 6.45) is 0. The second-order valence-corrected chi connectivity index (χ2v) is 5.84. The van der Waals surface area contributed by atoms with Crippen molar-refractivity contribution in [1.29, 1.82) is 0 Å². The van der Waals surface area contributed by atoms with Crippen molar-refractivity contribution < 1.29 is 19.0 Å². The predicted octanol–water partition coefficient (Wildman–Crippen LogP) is 4.73. The van der Waals surface area contributed by atoms with Crippen molar-refractivity contribution in [2.75, 3.05) is 20.8 Å². The third-order valence-corrected chi connectivity index (χ3v) is 4.14. The van der Waals surface area contributed by atoms with E-state index in [0.29, 0.717) is 17.9 Å². The fraction of sp³-hybridized carbons (Fsp3) is 0.136. The first-order chi connectivity index (χ1) is 12.6. The van der Waals surface area contributed by atoms with Crippen molar-refractivity contribution in [2.45, 2.75) is 0 Å². The molecule has 0 N–H and O–H groups in total. The summed E-state index contributed by atoms with van der Waals surface area (Å²) in [5, 5.41) is 2.23. The average molecular weight is 348 g/mol. The molecule has 0 fully saturated rings. The molecule has 0 saturated carbocycles. The highest BCUT2D eigenvalue weighted by molar-refractivity contribution is 5.89. The number of esters is 1. The van der Waals surface area contributed by atoms with Gasteiger partial charge < -0.3 is 14.2 Å². The average Bonchev–Trinajstić information content (AvgIpc) is 2.70. The molecule has 132 valence electrons. The van der Waals surface area contributed by atoms with Crippen molar-refractivity contribution in [3.63, 3.8) is 0 Å². The van der Waals surface area contributed by atoms with Crippen molar-refractivity contribution in [3.8, 4) is 11.5 Å². The molecule has 0 amide bonds. The zero-order valence-electron chi connectivity index (χ0n) is 14.8. The predicted molar refractivity (Wildman–Crippen MR) is 103 cm³/mol. The van der Waals surface area contributed by atoms with E-state index < -0.39 is 0 Å². The molecule has 0 bridgehead atoms. The van der Waals surface area contributed by atoms with Crippen LogP contribution in [0.25, 0.3) is 16.3 Å². The lowest BCUT2D eigenvalue weighted by Crippen LogP contribution is -2.02. The Morgan fingerprint density at radius 2 is 1.46 bits per heavy atom. The van der Waals surface area contributed by atoms with Crippen molar-refractivity contribution in [1.82, 2.24) is 0 Å². The maximum atomic E-state index is 11.4. The Morgan fingerprint density at radius 3 is 2.15 bits per heavy atom. The number of carbonyl (C=O) groups excluding carboxylic acids is 1. The van der Waals surface area contributed by atoms with Crippen LogP contribution in [-0.2, 0) is 4.74 Å². The topological polar surface area (TPSA) is 44.8 Å². The van der Waals surface area contributed by atoms with E-state index in [9.17, 15) is 4.79 Å². The lowest BCUT2D eigenvalue weighted by Gasteiger charge is -2.11. The van der Waals surface area contributed by atoms with Gasteiger partial charge in [0, 0.05) is 0 Å². The fourth-order valence-electron chi connectivity index (χ4n) is 2.63. The van der Waals surface area contributed by atoms with Gasteiger partial charge in [0.25, 0.3) is 0 Å². The van der Waals surface area contributed by atoms with Crippen LogP contribution in [0.15, 0.2) is 67.2 Å². The Labute approximate surface area is 152 Å². The molecule has 3 rings (SSSR count). The van der Waals surface area contributed by atoms with Crippen LogP contribution >= 0.6 is 0 Å². The van der Waals surface area contributed by atoms with Crippen LogP contribution in [0.1, 0.15) is 15.9 Å². The standard InChI is InChI=1S/C22H20O4/c1-15(14-26-20-9-6-16(7-10-20)22(23)25-3)17-4-5-19-13-21(24-2)11-8-18(19)12-17/h4-13H,1,14H2,2-3H3. The zero-order valence-corrected chi connectivity index (χ0v) is 14.8. The minimum Gasteiger partial charge on any atom is -0.497 e. The van der Waals surface area contributed by atoms with Gasteiger partial charge in [-0.05, 0) is 64.4 Å². The summed E-state index contributed by atoms with van der Waals surface area (Å²) in [5.74, 6) is 1.14. The summed E-state index contributed by atoms with van der Waals surface area (Å²) >= 11 is 0. The van der Waals surface area contributed by atoms with E-state index in [0.717, 1.165) is 27.7 Å². The van der Waals surface area contributed by atoms with Gasteiger partial charge >= 0.3 is 5.97 Å². The highest BCUT2D eigenvalue weighted by Crippen LogP contribution is 2.25. The Bertz CT molecular complexity index is 942. The van der Waals surface area contributed by atoms with Gasteiger partial charge in [0.15, 0.2) is 0 Å². The monoisotopic (exact) mass is 348 g/mol. The van der Waals surface area contributed by atoms with E-state index in [1.807, 2.05) is 30.3 Å². The van der Waals surface area contributed by atoms with Gasteiger partial charge in [-0.15, -0.1) is 0 Å². The largest absolute Gasteiger partial charge is 0.497 e. The van der Waals surface area contributed by atoms with E-state index in [4.69, 9.17) is 9.47 Å². The van der Waals surface area contributed by atoms with Crippen LogP contribution in [-0.4, -0.2) is 26.8 Å². The van der Waals surface area contributed by atoms with E-state index in [1.165, 1.54) is 7.11 Å². The Balaban J connectivity index is 1.68. The first-order valence-electron chi connectivity index (χ1n) is 8.18. The summed E-state index contributed by atoms with van der Waals surface area (Å²) in [6, 6.07) is 18.9. The summed E-state index contributed by atoms with van der Waals surface area (Å²) in [7, 11) is 3.02. The number of benzene rings is 3. The number of hydrogen-bond donors (Lipinski definition) is 0. The molecule has 0 aromatic heterocycles. The summed E-state index contributed by atoms with van der Waals surface area (Å²) < 4.78 is 15.7. The Morgan fingerprint density at radius 1 is 0.846 bits per heavy atom. The van der Waals surface area contributed by atoms with Crippen molar-refractivity contribution >= 4 is 22.3 Å². The molecule has 0 heterocycles. The van der Waals surface area contributed by atoms with E-state index in [-0.39, 0.29) is 5.97 Å². The minimum absolute atomic E-state index is 0.360. The van der Waals surface area contributed by atoms with Crippen LogP contribution in [0.4, 0.5) is 0 Å². The quantitative estimate of drug-likeness (QED) is 0.604. The molecule has 3 aromatic rings. The number of ether oxygens (including phenoxy) is 3. The summed E-state index contributed by atoms with van der Waals surface area (Å²) in [6.45, 7) is 4.48. The number of carbonyl (C=O) groups is 1. The molecule has 0 radical (unpaired) electrons. The van der Waals surface area contributed by atoms with Crippen LogP contribution in [0.3, 0.4) is 0 Å². The fourth-order valence-corrected chi connectivity index (χ4v) is 2.63. The van der Waals surface area contributed by atoms with Gasteiger partial charge in [-0.3, -0.25) is 0 Å². The maximum absolute atomic E-state index is 11.4. The van der Waals surface area contributed by atoms with Gasteiger partial charge in [0.05, 0.1) is 19.8 Å². The molecule has 4 nitrogen and oxygen atoms in total. The molecular formula is C22H20O4. The normalized spacial score (nSPS) is 10.4. The molecule has 0 atom stereocenters. The molecular weight excluding hydrogens is 328 g/mol. The van der Waals surface area contributed by atoms with Crippen LogP contribution in [0, 0.1) is 0 Å². The van der Waals surface area contributed by atoms with Gasteiger partial charge in [0.2, 0.25) is 0 Å². The lowest BCUT2D eigenvalue weighted by molar-refractivity contribution is 0.0600. The molecule has 0 unspecified atom stereocenters. The Kier molecular flexibility index (Phi) is 5.23. The van der Waals surface area contributed by atoms with Gasteiger partial charge in [-0.25, -0.2) is 4.79 Å². The molecule has 0 aliphatic rings. The third kappa shape index (κ3) is 3.86. The molecule has 0 aliphatic heterocycles. The zero-order chi connectivity index (χ0) is 18.5. The smallest absolute Gasteiger partial charge is 0.337 e. The van der Waals surface area contributed by atoms with E-state index >= 15 is 0 Å². The highest BCUT2D eigenvalue weighted by Gasteiger charge is 2.06. The van der Waals surface area contributed by atoms with Crippen molar-refractivity contribution in [3.05, 3.63) is 78.4 Å². The second kappa shape index (κ2) is 7.74. The lowest BCUT2D eigenvalue weighted by atomic mass is 10.0. The van der Waals surface area contributed by atoms with Gasteiger partial charge in [-0.2, -0.15) is 0 Å². The second-order valence-electron chi connectivity index (χ2n) is 5.84. The minimum atomic E-state index is -0.367. The highest BCUT2D eigenvalue weighted by atomic mass is 16.5. The van der Waals surface area contributed by atoms with E-state index in [1.54, 1.807) is 31.4 Å². The van der Waals surface area contributed by atoms with Crippen LogP contribution in [0.5, 0.6) is 11.5 Å². The first kappa shape index (κ1) is 17.5. The number of hydrogen-bond acceptors (Lipinski definition) is 4. The number of rotatable bonds is 6. The molecule has 3 aromatic carbocycles. The van der Waals surface area contributed by atoms with Crippen LogP contribution < -0.4 is 9.47 Å². The Hall–Kier alpha value is -3.27. The molecule has 26 heavy (non-hydrogen) atoms. The number of methoxy groups -OCH3 is 2. The van der Waals surface area contributed by atoms with E-state index in [2.05, 4.69) is 17.4 Å². The number of fused-ring (bicyclic) bond motifs is 1. The van der Waals surface area contributed by atoms with Crippen LogP contribution in [0.2, 0.25) is 0 Å². The van der Waals surface area contributed by atoms with Gasteiger partial charge in [-0.1, -0.05) is 24.8 Å². The summed E-state index contributed by atoms with van der Waals surface area (Å²) in [4.78, 5) is 11.4. The third-order valence-electron chi connectivity index (χ3n) is 4.14. The maximum Gasteiger partial charge on any atom is 0.337 e. The molecule has 4 heteroatoms. The summed E-state index contributed by atoms with van der Waals surface area (Å²) in [5.41, 5.74) is 2.39. The van der Waals surface area contributed by atoms with Crippen molar-refractivity contribution in [2.24, 2.45) is 0 Å². The SMILES string of the molecule is C=C(COc1ccc(C(=O)OC)cc1)c1ccc2cc(OC)ccc2c1. The first-order valence-corrected chi connectivity index (χ1v) is 8.18. The van der Waals surface area contributed by atoms with Gasteiger partial charge in [0.1, 0.15) is 18.1 Å². The molecule has 0 spiro atoms.